The van der Waals surface area contributed by atoms with Gasteiger partial charge in [0.2, 0.25) is 5.75 Å². The number of phenolic OH excluding ortho intramolecular Hbond substituents is 1. The van der Waals surface area contributed by atoms with Crippen LogP contribution in [0.15, 0.2) is 57.5 Å². The van der Waals surface area contributed by atoms with E-state index in [1.807, 2.05) is 6.92 Å². The van der Waals surface area contributed by atoms with E-state index in [4.69, 9.17) is 9.47 Å². The molecule has 0 spiro atoms. The minimum Gasteiger partial charge on any atom is -0.501 e. The number of nitro benzene ring substituents is 1. The second-order valence-electron chi connectivity index (χ2n) is 7.90. The van der Waals surface area contributed by atoms with Gasteiger partial charge in [-0.15, -0.1) is 0 Å². The smallest absolute Gasteiger partial charge is 0.338 e. The SMILES string of the molecule is CCOC(=O)C1=C(C)N=c2s/c(=C\c3cc(I)c(O)c([N+](=O)[O-])c3)c(=O)n2[C@H]1c1ccccc1OCC. The van der Waals surface area contributed by atoms with Crippen LogP contribution >= 0.6 is 33.9 Å². The van der Waals surface area contributed by atoms with Crippen LogP contribution < -0.4 is 19.6 Å². The van der Waals surface area contributed by atoms with Gasteiger partial charge in [-0.05, 0) is 67.1 Å². The number of hydrogen-bond donors (Lipinski definition) is 1. The third-order valence-electron chi connectivity index (χ3n) is 5.59. The third-order valence-corrected chi connectivity index (χ3v) is 7.40. The summed E-state index contributed by atoms with van der Waals surface area (Å²) in [6.45, 7) is 5.76. The number of esters is 1. The summed E-state index contributed by atoms with van der Waals surface area (Å²) in [5.74, 6) is -0.505. The number of nitrogens with zero attached hydrogens (tertiary/aromatic N) is 3. The minimum absolute atomic E-state index is 0.151. The number of fused-ring (bicyclic) bond motifs is 1. The van der Waals surface area contributed by atoms with Crippen molar-refractivity contribution in [1.29, 1.82) is 0 Å². The number of carbonyl (C=O) groups is 1. The van der Waals surface area contributed by atoms with Gasteiger partial charge >= 0.3 is 11.7 Å². The van der Waals surface area contributed by atoms with Crippen molar-refractivity contribution in [3.63, 3.8) is 0 Å². The number of hydrogen-bond acceptors (Lipinski definition) is 9. The van der Waals surface area contributed by atoms with Gasteiger partial charge in [-0.25, -0.2) is 9.79 Å². The molecule has 192 valence electrons. The van der Waals surface area contributed by atoms with Crippen molar-refractivity contribution < 1.29 is 24.3 Å². The Balaban J connectivity index is 1.99. The predicted octanol–water partition coefficient (Wildman–Crippen LogP) is 3.42. The Morgan fingerprint density at radius 1 is 1.30 bits per heavy atom. The van der Waals surface area contributed by atoms with Gasteiger partial charge in [-0.1, -0.05) is 29.5 Å². The predicted molar refractivity (Wildman–Crippen MR) is 145 cm³/mol. The number of ether oxygens (including phenoxy) is 2. The van der Waals surface area contributed by atoms with Crippen molar-refractivity contribution >= 4 is 51.7 Å². The summed E-state index contributed by atoms with van der Waals surface area (Å²) in [6.07, 6.45) is 1.51. The molecular weight excluding hydrogens is 613 g/mol. The number of aromatic nitrogens is 1. The maximum Gasteiger partial charge on any atom is 0.338 e. The topological polar surface area (TPSA) is 133 Å². The molecule has 37 heavy (non-hydrogen) atoms. The highest BCUT2D eigenvalue weighted by Crippen LogP contribution is 2.36. The number of thiazole rings is 1. The molecule has 1 N–H and O–H groups in total. The van der Waals surface area contributed by atoms with Crippen LogP contribution in [0.2, 0.25) is 0 Å². The van der Waals surface area contributed by atoms with E-state index in [9.17, 15) is 24.8 Å². The number of carbonyl (C=O) groups excluding carboxylic acids is 1. The lowest BCUT2D eigenvalue weighted by Gasteiger charge is -2.26. The maximum atomic E-state index is 13.8. The van der Waals surface area contributed by atoms with Gasteiger partial charge in [0.25, 0.3) is 5.56 Å². The molecule has 1 aromatic heterocycles. The maximum absolute atomic E-state index is 13.8. The molecule has 0 unspecified atom stereocenters. The Kier molecular flexibility index (Phi) is 7.78. The van der Waals surface area contributed by atoms with Crippen molar-refractivity contribution in [3.8, 4) is 11.5 Å². The Bertz CT molecular complexity index is 1620. The molecule has 1 aliphatic rings. The lowest BCUT2D eigenvalue weighted by Crippen LogP contribution is -2.40. The average Bonchev–Trinajstić information content (AvgIpc) is 3.15. The van der Waals surface area contributed by atoms with Gasteiger partial charge in [-0.3, -0.25) is 19.5 Å². The van der Waals surface area contributed by atoms with Gasteiger partial charge in [0, 0.05) is 11.6 Å². The zero-order valence-electron chi connectivity index (χ0n) is 20.1. The Morgan fingerprint density at radius 3 is 2.70 bits per heavy atom. The molecule has 1 atom stereocenters. The molecule has 3 aromatic rings. The van der Waals surface area contributed by atoms with Crippen LogP contribution in [0.25, 0.3) is 6.08 Å². The van der Waals surface area contributed by atoms with Gasteiger partial charge < -0.3 is 14.6 Å². The molecule has 0 amide bonds. The van der Waals surface area contributed by atoms with Crippen molar-refractivity contribution in [3.05, 3.63) is 92.2 Å². The normalized spacial score (nSPS) is 15.2. The van der Waals surface area contributed by atoms with E-state index in [1.54, 1.807) is 60.7 Å². The number of nitro groups is 1. The highest BCUT2D eigenvalue weighted by molar-refractivity contribution is 14.1. The summed E-state index contributed by atoms with van der Waals surface area (Å²) in [4.78, 5) is 42.4. The number of aromatic hydroxyl groups is 1. The second kappa shape index (κ2) is 10.8. The van der Waals surface area contributed by atoms with Crippen LogP contribution in [-0.2, 0) is 9.53 Å². The number of rotatable bonds is 7. The zero-order valence-corrected chi connectivity index (χ0v) is 23.0. The Morgan fingerprint density at radius 2 is 2.03 bits per heavy atom. The molecule has 2 heterocycles. The molecule has 0 saturated heterocycles. The third kappa shape index (κ3) is 5.03. The van der Waals surface area contributed by atoms with Crippen LogP contribution in [0.4, 0.5) is 5.69 Å². The van der Waals surface area contributed by atoms with Gasteiger partial charge in [0.05, 0.1) is 37.5 Å². The largest absolute Gasteiger partial charge is 0.501 e. The zero-order chi connectivity index (χ0) is 26.9. The van der Waals surface area contributed by atoms with E-state index in [1.165, 1.54) is 22.8 Å². The van der Waals surface area contributed by atoms with E-state index in [2.05, 4.69) is 4.99 Å². The lowest BCUT2D eigenvalue weighted by atomic mass is 9.95. The summed E-state index contributed by atoms with van der Waals surface area (Å²) < 4.78 is 13.1. The number of para-hydroxylation sites is 1. The van der Waals surface area contributed by atoms with Crippen LogP contribution in [-0.4, -0.2) is 33.8 Å². The van der Waals surface area contributed by atoms with Gasteiger partial charge in [-0.2, -0.15) is 0 Å². The fourth-order valence-corrected chi connectivity index (χ4v) is 5.74. The molecule has 10 nitrogen and oxygen atoms in total. The van der Waals surface area contributed by atoms with Crippen molar-refractivity contribution in [2.24, 2.45) is 4.99 Å². The fourth-order valence-electron chi connectivity index (χ4n) is 4.06. The van der Waals surface area contributed by atoms with E-state index in [-0.39, 0.29) is 20.3 Å². The second-order valence-corrected chi connectivity index (χ2v) is 10.1. The van der Waals surface area contributed by atoms with Crippen molar-refractivity contribution in [2.45, 2.75) is 26.8 Å². The summed E-state index contributed by atoms with van der Waals surface area (Å²) in [7, 11) is 0. The van der Waals surface area contributed by atoms with Crippen LogP contribution in [0.5, 0.6) is 11.5 Å². The summed E-state index contributed by atoms with van der Waals surface area (Å²) in [6, 6.07) is 9.04. The Hall–Kier alpha value is -3.52. The standard InChI is InChI=1S/C25H22IN3O7S/c1-4-35-18-9-7-6-8-15(18)21-20(24(32)36-5-2)13(3)27-25-28(21)23(31)19(37-25)12-14-10-16(26)22(30)17(11-14)29(33)34/h6-12,21,30H,4-5H2,1-3H3/b19-12-/t21-/m0/s1. The molecule has 0 fully saturated rings. The number of halogens is 1. The first-order chi connectivity index (χ1) is 17.7. The first-order valence-electron chi connectivity index (χ1n) is 11.3. The average molecular weight is 635 g/mol. The number of phenols is 1. The first kappa shape index (κ1) is 26.5. The number of allylic oxidation sites excluding steroid dienone is 1. The summed E-state index contributed by atoms with van der Waals surface area (Å²) in [5.41, 5.74) is 0.714. The van der Waals surface area contributed by atoms with Crippen LogP contribution in [0.3, 0.4) is 0 Å². The minimum atomic E-state index is -0.852. The quantitative estimate of drug-likeness (QED) is 0.182. The summed E-state index contributed by atoms with van der Waals surface area (Å²) in [5, 5.41) is 21.4. The lowest BCUT2D eigenvalue weighted by molar-refractivity contribution is -0.386. The molecule has 0 saturated carbocycles. The molecule has 12 heteroatoms. The van der Waals surface area contributed by atoms with Gasteiger partial charge in [0.1, 0.15) is 11.8 Å². The van der Waals surface area contributed by atoms with Crippen LogP contribution in [0, 0.1) is 13.7 Å². The van der Waals surface area contributed by atoms with Crippen LogP contribution in [0.1, 0.15) is 37.9 Å². The molecule has 0 radical (unpaired) electrons. The van der Waals surface area contributed by atoms with E-state index >= 15 is 0 Å². The molecule has 2 aromatic carbocycles. The van der Waals surface area contributed by atoms with Crippen molar-refractivity contribution in [2.75, 3.05) is 13.2 Å². The summed E-state index contributed by atoms with van der Waals surface area (Å²) >= 11 is 2.89. The van der Waals surface area contributed by atoms with E-state index in [0.29, 0.717) is 34.0 Å². The highest BCUT2D eigenvalue weighted by Gasteiger charge is 2.35. The van der Waals surface area contributed by atoms with E-state index in [0.717, 1.165) is 11.3 Å². The fraction of sp³-hybridized carbons (Fsp3) is 0.240. The molecular formula is C25H22IN3O7S. The molecule has 4 rings (SSSR count). The monoisotopic (exact) mass is 635 g/mol. The Labute approximate surface area is 228 Å². The first-order valence-corrected chi connectivity index (χ1v) is 13.2. The number of benzene rings is 2. The van der Waals surface area contributed by atoms with Gasteiger partial charge in [0.15, 0.2) is 4.80 Å². The van der Waals surface area contributed by atoms with E-state index < -0.39 is 33.9 Å². The highest BCUT2D eigenvalue weighted by atomic mass is 127. The van der Waals surface area contributed by atoms with Crippen molar-refractivity contribution in [1.82, 2.24) is 4.57 Å². The molecule has 1 aliphatic heterocycles. The molecule has 0 aliphatic carbocycles. The molecule has 0 bridgehead atoms.